The first-order valence-corrected chi connectivity index (χ1v) is 7.40. The Morgan fingerprint density at radius 1 is 0.619 bits per heavy atom. The van der Waals surface area contributed by atoms with Gasteiger partial charge in [0.15, 0.2) is 0 Å². The Morgan fingerprint density at radius 3 is 1.67 bits per heavy atom. The third-order valence-corrected chi connectivity index (χ3v) is 3.71. The van der Waals surface area contributed by atoms with Gasteiger partial charge in [-0.15, -0.1) is 0 Å². The summed E-state index contributed by atoms with van der Waals surface area (Å²) in [6.07, 6.45) is 0. The topological polar surface area (TPSA) is 0 Å². The predicted octanol–water partition coefficient (Wildman–Crippen LogP) is 5.57. The Hall–Kier alpha value is -0.963. The van der Waals surface area contributed by atoms with Crippen LogP contribution in [0, 0.1) is 0 Å². The molecule has 0 amide bonds. The van der Waals surface area contributed by atoms with E-state index in [0.29, 0.717) is 0 Å². The van der Waals surface area contributed by atoms with E-state index in [1.54, 1.807) is 0 Å². The van der Waals surface area contributed by atoms with Gasteiger partial charge in [0.25, 0.3) is 0 Å². The van der Waals surface area contributed by atoms with E-state index in [9.17, 15) is 0 Å². The molecular weight excluding hydrogens is 247 g/mol. The molecule has 0 saturated carbocycles. The van der Waals surface area contributed by atoms with Crippen LogP contribution < -0.4 is 0 Å². The van der Waals surface area contributed by atoms with Gasteiger partial charge in [0.05, 0.1) is 0 Å². The van der Waals surface area contributed by atoms with Crippen LogP contribution in [0.2, 0.25) is 0 Å². The minimum atomic E-state index is 0. The fraction of sp³-hybridized carbons (Fsp3) is 0.400. The van der Waals surface area contributed by atoms with Crippen molar-refractivity contribution in [2.45, 2.75) is 52.4 Å². The molecule has 2 aromatic carbocycles. The fourth-order valence-electron chi connectivity index (χ4n) is 2.84. The average Bonchev–Trinajstić information content (AvgIpc) is 2.37. The average molecular weight is 273 g/mol. The van der Waals surface area contributed by atoms with Crippen LogP contribution in [0.25, 0.3) is 11.1 Å². The van der Waals surface area contributed by atoms with E-state index >= 15 is 0 Å². The third-order valence-electron chi connectivity index (χ3n) is 3.71. The molecule has 0 aliphatic rings. The van der Waals surface area contributed by atoms with E-state index < -0.39 is 0 Å². The standard InChI is InChI=1S/C20H26.Li/c1-19(2,3)17-14-10-13-16(18(17)20(4,5)6)15-11-8-7-9-12-15;/h7-14H,1-6H3;. The molecule has 2 rings (SSSR count). The number of benzene rings is 2. The molecule has 0 saturated heterocycles. The molecule has 1 heteroatoms. The van der Waals surface area contributed by atoms with Gasteiger partial charge >= 0.3 is 0 Å². The normalized spacial score (nSPS) is 11.9. The molecule has 0 bridgehead atoms. The summed E-state index contributed by atoms with van der Waals surface area (Å²) in [4.78, 5) is 0. The monoisotopic (exact) mass is 273 g/mol. The summed E-state index contributed by atoms with van der Waals surface area (Å²) in [7, 11) is 0. The van der Waals surface area contributed by atoms with Gasteiger partial charge in [-0.25, -0.2) is 0 Å². The van der Waals surface area contributed by atoms with Gasteiger partial charge in [-0.2, -0.15) is 0 Å². The van der Waals surface area contributed by atoms with Gasteiger partial charge < -0.3 is 0 Å². The van der Waals surface area contributed by atoms with Crippen molar-refractivity contribution in [1.29, 1.82) is 0 Å². The molecule has 0 atom stereocenters. The van der Waals surface area contributed by atoms with Crippen LogP contribution in [0.3, 0.4) is 0 Å². The molecule has 0 N–H and O–H groups in total. The van der Waals surface area contributed by atoms with Gasteiger partial charge in [0.1, 0.15) is 0 Å². The van der Waals surface area contributed by atoms with Crippen LogP contribution in [-0.2, 0) is 10.8 Å². The largest absolute Gasteiger partial charge is 0.0622 e. The Bertz CT molecular complexity index is 583. The van der Waals surface area contributed by atoms with Crippen molar-refractivity contribution in [1.82, 2.24) is 0 Å². The Balaban J connectivity index is 0.00000220. The van der Waals surface area contributed by atoms with Crippen LogP contribution in [-0.4, -0.2) is 18.9 Å². The quantitative estimate of drug-likeness (QED) is 0.596. The maximum absolute atomic E-state index is 2.31. The Labute approximate surface area is 142 Å². The van der Waals surface area contributed by atoms with E-state index in [2.05, 4.69) is 90.1 Å². The Kier molecular flexibility index (Phi) is 5.54. The first-order valence-electron chi connectivity index (χ1n) is 7.40. The van der Waals surface area contributed by atoms with Gasteiger partial charge in [-0.1, -0.05) is 90.1 Å². The summed E-state index contributed by atoms with van der Waals surface area (Å²) in [5.41, 5.74) is 5.89. The van der Waals surface area contributed by atoms with Crippen LogP contribution in [0.5, 0.6) is 0 Å². The summed E-state index contributed by atoms with van der Waals surface area (Å²) in [5, 5.41) is 0. The van der Waals surface area contributed by atoms with Gasteiger partial charge in [-0.3, -0.25) is 0 Å². The zero-order valence-electron chi connectivity index (χ0n) is 14.6. The molecular formula is C20H26Li. The molecule has 0 heterocycles. The zero-order valence-corrected chi connectivity index (χ0v) is 14.6. The fourth-order valence-corrected chi connectivity index (χ4v) is 2.84. The number of hydrogen-bond acceptors (Lipinski definition) is 0. The second-order valence-corrected chi connectivity index (χ2v) is 7.59. The zero-order chi connectivity index (χ0) is 15.0. The van der Waals surface area contributed by atoms with Crippen LogP contribution in [0.15, 0.2) is 48.5 Å². The molecule has 0 spiro atoms. The van der Waals surface area contributed by atoms with Crippen molar-refractivity contribution >= 4 is 18.9 Å². The van der Waals surface area contributed by atoms with Crippen molar-refractivity contribution in [3.63, 3.8) is 0 Å². The summed E-state index contributed by atoms with van der Waals surface area (Å²) in [5.74, 6) is 0. The van der Waals surface area contributed by atoms with Crippen molar-refractivity contribution in [3.05, 3.63) is 59.7 Å². The van der Waals surface area contributed by atoms with Crippen molar-refractivity contribution in [3.8, 4) is 11.1 Å². The SMILES string of the molecule is CC(C)(C)c1cccc(-c2ccccc2)c1C(C)(C)C.[Li]. The molecule has 1 radical (unpaired) electrons. The minimum absolute atomic E-state index is 0. The molecule has 107 valence electrons. The second-order valence-electron chi connectivity index (χ2n) is 7.59. The summed E-state index contributed by atoms with van der Waals surface area (Å²) in [6.45, 7) is 13.8. The molecule has 0 aliphatic heterocycles. The van der Waals surface area contributed by atoms with E-state index in [4.69, 9.17) is 0 Å². The summed E-state index contributed by atoms with van der Waals surface area (Å²) >= 11 is 0. The molecule has 2 aromatic rings. The van der Waals surface area contributed by atoms with Gasteiger partial charge in [0, 0.05) is 18.9 Å². The summed E-state index contributed by atoms with van der Waals surface area (Å²) in [6, 6.07) is 17.5. The van der Waals surface area contributed by atoms with Gasteiger partial charge in [0.2, 0.25) is 0 Å². The van der Waals surface area contributed by atoms with Crippen molar-refractivity contribution < 1.29 is 0 Å². The smallest absolute Gasteiger partial charge is 0 e. The molecule has 0 aliphatic carbocycles. The maximum Gasteiger partial charge on any atom is 0 e. The van der Waals surface area contributed by atoms with Crippen LogP contribution >= 0.6 is 0 Å². The third kappa shape index (κ3) is 4.03. The van der Waals surface area contributed by atoms with E-state index in [0.717, 1.165) is 0 Å². The molecule has 0 aromatic heterocycles. The second kappa shape index (κ2) is 6.43. The van der Waals surface area contributed by atoms with Crippen molar-refractivity contribution in [2.24, 2.45) is 0 Å². The molecule has 21 heavy (non-hydrogen) atoms. The Morgan fingerprint density at radius 2 is 1.19 bits per heavy atom. The predicted molar refractivity (Wildman–Crippen MR) is 95.0 cm³/mol. The minimum Gasteiger partial charge on any atom is -0.0622 e. The molecule has 0 unspecified atom stereocenters. The van der Waals surface area contributed by atoms with Gasteiger partial charge in [-0.05, 0) is 33.1 Å². The summed E-state index contributed by atoms with van der Waals surface area (Å²) < 4.78 is 0. The van der Waals surface area contributed by atoms with E-state index in [-0.39, 0.29) is 29.7 Å². The molecule has 0 nitrogen and oxygen atoms in total. The van der Waals surface area contributed by atoms with Crippen molar-refractivity contribution in [2.75, 3.05) is 0 Å². The van der Waals surface area contributed by atoms with Crippen LogP contribution in [0.1, 0.15) is 52.7 Å². The van der Waals surface area contributed by atoms with E-state index in [1.807, 2.05) is 0 Å². The maximum atomic E-state index is 2.31. The first-order chi connectivity index (χ1) is 9.21. The van der Waals surface area contributed by atoms with Crippen LogP contribution in [0.4, 0.5) is 0 Å². The molecule has 0 fully saturated rings. The first kappa shape index (κ1) is 18.1. The number of hydrogen-bond donors (Lipinski definition) is 0. The van der Waals surface area contributed by atoms with E-state index in [1.165, 1.54) is 22.3 Å². The number of rotatable bonds is 1.